The molecule has 0 saturated heterocycles. The van der Waals surface area contributed by atoms with Gasteiger partial charge in [0.1, 0.15) is 17.6 Å². The zero-order valence-electron chi connectivity index (χ0n) is 16.6. The Labute approximate surface area is 170 Å². The number of amides is 1. The Morgan fingerprint density at radius 2 is 2.10 bits per heavy atom. The molecule has 0 aliphatic carbocycles. The highest BCUT2D eigenvalue weighted by Crippen LogP contribution is 2.35. The van der Waals surface area contributed by atoms with E-state index in [0.717, 1.165) is 23.3 Å². The Kier molecular flexibility index (Phi) is 5.95. The summed E-state index contributed by atoms with van der Waals surface area (Å²) in [5.74, 6) is 1.06. The molecule has 1 amide bonds. The van der Waals surface area contributed by atoms with Crippen LogP contribution in [0.3, 0.4) is 0 Å². The number of hydrogen-bond acceptors (Lipinski definition) is 5. The molecule has 1 atom stereocenters. The van der Waals surface area contributed by atoms with Crippen molar-refractivity contribution in [3.05, 3.63) is 53.1 Å². The first kappa shape index (κ1) is 20.9. The molecule has 8 heteroatoms. The average molecular weight is 416 g/mol. The normalized spacial score (nSPS) is 15.8. The number of nitrogens with one attached hydrogen (secondary N) is 1. The number of anilines is 1. The van der Waals surface area contributed by atoms with Gasteiger partial charge < -0.3 is 14.8 Å². The van der Waals surface area contributed by atoms with Gasteiger partial charge in [-0.05, 0) is 56.7 Å². The number of aryl methyl sites for hydroxylation is 1. The number of ether oxygens (including phenoxy) is 2. The molecule has 0 radical (unpaired) electrons. The summed E-state index contributed by atoms with van der Waals surface area (Å²) in [6.07, 6.45) is 3.93. The third-order valence-electron chi connectivity index (χ3n) is 4.50. The monoisotopic (exact) mass is 416 g/mol. The highest BCUT2D eigenvalue weighted by atomic mass is 32.2. The Balaban J connectivity index is 1.80. The average Bonchev–Trinajstić information content (AvgIpc) is 2.99. The van der Waals surface area contributed by atoms with E-state index in [1.54, 1.807) is 25.1 Å². The van der Waals surface area contributed by atoms with Crippen LogP contribution in [0.15, 0.2) is 41.3 Å². The van der Waals surface area contributed by atoms with Gasteiger partial charge in [0.15, 0.2) is 0 Å². The molecule has 3 N–H and O–H groups in total. The molecule has 1 aliphatic rings. The Morgan fingerprint density at radius 1 is 1.34 bits per heavy atom. The first-order valence-corrected chi connectivity index (χ1v) is 10.8. The summed E-state index contributed by atoms with van der Waals surface area (Å²) < 4.78 is 34.8. The maximum atomic E-state index is 12.3. The van der Waals surface area contributed by atoms with Crippen molar-refractivity contribution in [2.24, 2.45) is 5.14 Å². The lowest BCUT2D eigenvalue weighted by molar-refractivity contribution is -0.111. The lowest BCUT2D eigenvalue weighted by atomic mass is 10.1. The fraction of sp³-hybridized carbons (Fsp3) is 0.286. The minimum Gasteiger partial charge on any atom is -0.493 e. The van der Waals surface area contributed by atoms with Gasteiger partial charge in [-0.3, -0.25) is 4.79 Å². The Morgan fingerprint density at radius 3 is 2.79 bits per heavy atom. The van der Waals surface area contributed by atoms with Gasteiger partial charge in [0.2, 0.25) is 15.9 Å². The molecule has 154 valence electrons. The predicted octanol–water partition coefficient (Wildman–Crippen LogP) is 3.02. The number of carbonyl (C=O) groups is 1. The number of primary sulfonamides is 1. The quantitative estimate of drug-likeness (QED) is 0.704. The van der Waals surface area contributed by atoms with Crippen LogP contribution >= 0.6 is 0 Å². The number of sulfonamides is 1. The van der Waals surface area contributed by atoms with E-state index in [2.05, 4.69) is 5.32 Å². The third kappa shape index (κ3) is 4.96. The molecule has 1 heterocycles. The number of fused-ring (bicyclic) bond motifs is 1. The number of carbonyl (C=O) groups excluding carboxylic acids is 1. The molecule has 0 fully saturated rings. The minimum atomic E-state index is -3.87. The maximum Gasteiger partial charge on any atom is 0.248 e. The van der Waals surface area contributed by atoms with Crippen LogP contribution in [-0.2, 0) is 21.2 Å². The third-order valence-corrected chi connectivity index (χ3v) is 5.56. The fourth-order valence-corrected chi connectivity index (χ4v) is 4.01. The van der Waals surface area contributed by atoms with E-state index < -0.39 is 15.9 Å². The first-order valence-electron chi connectivity index (χ1n) is 9.26. The molecular weight excluding hydrogens is 392 g/mol. The van der Waals surface area contributed by atoms with Crippen LogP contribution in [0.4, 0.5) is 5.69 Å². The molecule has 2 aromatic rings. The minimum absolute atomic E-state index is 0.0252. The SMILES string of the molecule is CCOc1cc2c(cc1/C=C/C(=O)Nc1ccc(C)c(S(N)(=O)=O)c1)O[C@H](C)C2. The van der Waals surface area contributed by atoms with Crippen LogP contribution in [0.1, 0.15) is 30.5 Å². The molecule has 0 spiro atoms. The summed E-state index contributed by atoms with van der Waals surface area (Å²) in [6.45, 7) is 6.03. The van der Waals surface area contributed by atoms with Gasteiger partial charge in [-0.2, -0.15) is 0 Å². The van der Waals surface area contributed by atoms with Gasteiger partial charge in [-0.15, -0.1) is 0 Å². The Hall–Kier alpha value is -2.84. The van der Waals surface area contributed by atoms with Crippen molar-refractivity contribution in [2.45, 2.75) is 38.2 Å². The topological polar surface area (TPSA) is 108 Å². The highest BCUT2D eigenvalue weighted by Gasteiger charge is 2.21. The molecule has 1 aliphatic heterocycles. The zero-order valence-corrected chi connectivity index (χ0v) is 17.4. The van der Waals surface area contributed by atoms with Crippen LogP contribution in [0, 0.1) is 6.92 Å². The molecule has 7 nitrogen and oxygen atoms in total. The van der Waals surface area contributed by atoms with Gasteiger partial charge in [0.25, 0.3) is 0 Å². The van der Waals surface area contributed by atoms with E-state index in [0.29, 0.717) is 23.6 Å². The molecule has 0 aromatic heterocycles. The van der Waals surface area contributed by atoms with Crippen molar-refractivity contribution in [2.75, 3.05) is 11.9 Å². The lowest BCUT2D eigenvalue weighted by Crippen LogP contribution is -2.15. The van der Waals surface area contributed by atoms with Crippen LogP contribution < -0.4 is 19.9 Å². The van der Waals surface area contributed by atoms with Crippen molar-refractivity contribution < 1.29 is 22.7 Å². The molecule has 29 heavy (non-hydrogen) atoms. The smallest absolute Gasteiger partial charge is 0.248 e. The number of benzene rings is 2. The summed E-state index contributed by atoms with van der Waals surface area (Å²) in [7, 11) is -3.87. The largest absolute Gasteiger partial charge is 0.493 e. The lowest BCUT2D eigenvalue weighted by Gasteiger charge is -2.10. The zero-order chi connectivity index (χ0) is 21.2. The fourth-order valence-electron chi connectivity index (χ4n) is 3.20. The number of rotatable bonds is 6. The first-order chi connectivity index (χ1) is 13.7. The van der Waals surface area contributed by atoms with E-state index in [9.17, 15) is 13.2 Å². The maximum absolute atomic E-state index is 12.3. The van der Waals surface area contributed by atoms with Crippen molar-refractivity contribution in [1.82, 2.24) is 0 Å². The molecule has 0 unspecified atom stereocenters. The highest BCUT2D eigenvalue weighted by molar-refractivity contribution is 7.89. The summed E-state index contributed by atoms with van der Waals surface area (Å²) in [5, 5.41) is 7.86. The van der Waals surface area contributed by atoms with E-state index >= 15 is 0 Å². The van der Waals surface area contributed by atoms with Gasteiger partial charge in [0.05, 0.1) is 11.5 Å². The molecule has 0 bridgehead atoms. The van der Waals surface area contributed by atoms with E-state index in [1.165, 1.54) is 12.1 Å². The van der Waals surface area contributed by atoms with Crippen LogP contribution in [0.5, 0.6) is 11.5 Å². The van der Waals surface area contributed by atoms with Gasteiger partial charge >= 0.3 is 0 Å². The van der Waals surface area contributed by atoms with Crippen molar-refractivity contribution in [3.8, 4) is 11.5 Å². The summed E-state index contributed by atoms with van der Waals surface area (Å²) in [4.78, 5) is 12.3. The predicted molar refractivity (Wildman–Crippen MR) is 112 cm³/mol. The summed E-state index contributed by atoms with van der Waals surface area (Å²) in [6, 6.07) is 8.35. The molecule has 0 saturated carbocycles. The number of hydrogen-bond donors (Lipinski definition) is 2. The van der Waals surface area contributed by atoms with Gasteiger partial charge in [-0.1, -0.05) is 6.07 Å². The van der Waals surface area contributed by atoms with Crippen molar-refractivity contribution in [3.63, 3.8) is 0 Å². The van der Waals surface area contributed by atoms with Crippen molar-refractivity contribution in [1.29, 1.82) is 0 Å². The standard InChI is InChI=1S/C21H24N2O5S/c1-4-27-18-11-16-9-14(3)28-19(16)10-15(18)6-8-21(24)23-17-7-5-13(2)20(12-17)29(22,25)26/h5-8,10-12,14H,4,9H2,1-3H3,(H,23,24)(H2,22,25,26)/b8-6+/t14-/m1/s1. The second-order valence-corrected chi connectivity index (χ2v) is 8.44. The summed E-state index contributed by atoms with van der Waals surface area (Å²) >= 11 is 0. The second kappa shape index (κ2) is 8.26. The molecule has 3 rings (SSSR count). The van der Waals surface area contributed by atoms with Gasteiger partial charge in [0, 0.05) is 29.3 Å². The van der Waals surface area contributed by atoms with Crippen LogP contribution in [0.2, 0.25) is 0 Å². The van der Waals surface area contributed by atoms with Crippen molar-refractivity contribution >= 4 is 27.7 Å². The van der Waals surface area contributed by atoms with E-state index in [4.69, 9.17) is 14.6 Å². The van der Waals surface area contributed by atoms with Crippen LogP contribution in [0.25, 0.3) is 6.08 Å². The second-order valence-electron chi connectivity index (χ2n) is 6.91. The van der Waals surface area contributed by atoms with E-state index in [1.807, 2.05) is 26.0 Å². The number of nitrogens with two attached hydrogens (primary N) is 1. The van der Waals surface area contributed by atoms with E-state index in [-0.39, 0.29) is 11.0 Å². The van der Waals surface area contributed by atoms with Gasteiger partial charge in [-0.25, -0.2) is 13.6 Å². The molecule has 2 aromatic carbocycles. The summed E-state index contributed by atoms with van der Waals surface area (Å²) in [5.41, 5.74) is 2.65. The molecular formula is C21H24N2O5S. The Bertz CT molecular complexity index is 1080. The van der Waals surface area contributed by atoms with Crippen LogP contribution in [-0.4, -0.2) is 27.0 Å².